The molecule has 1 unspecified atom stereocenters. The van der Waals surface area contributed by atoms with Crippen molar-refractivity contribution in [3.8, 4) is 6.07 Å². The van der Waals surface area contributed by atoms with Crippen LogP contribution in [-0.4, -0.2) is 28.2 Å². The van der Waals surface area contributed by atoms with Crippen LogP contribution in [0.4, 0.5) is 5.69 Å². The third-order valence-electron chi connectivity index (χ3n) is 5.54. The van der Waals surface area contributed by atoms with Gasteiger partial charge < -0.3 is 14.6 Å². The van der Waals surface area contributed by atoms with Crippen molar-refractivity contribution in [2.24, 2.45) is 0 Å². The Morgan fingerprint density at radius 3 is 2.97 bits per heavy atom. The monoisotopic (exact) mass is 400 g/mol. The van der Waals surface area contributed by atoms with E-state index in [1.807, 2.05) is 56.3 Å². The molecule has 3 heterocycles. The van der Waals surface area contributed by atoms with Gasteiger partial charge in [0, 0.05) is 29.9 Å². The van der Waals surface area contributed by atoms with Crippen LogP contribution in [0.15, 0.2) is 48.2 Å². The summed E-state index contributed by atoms with van der Waals surface area (Å²) < 4.78 is 7.95. The maximum absolute atomic E-state index is 12.7. The molecule has 1 aliphatic rings. The summed E-state index contributed by atoms with van der Waals surface area (Å²) in [5, 5.41) is 13.3. The van der Waals surface area contributed by atoms with Gasteiger partial charge in [-0.05, 0) is 56.5 Å². The normalized spacial score (nSPS) is 16.6. The number of ether oxygens (including phenoxy) is 1. The Labute approximate surface area is 175 Å². The highest BCUT2D eigenvalue weighted by molar-refractivity contribution is 6.10. The van der Waals surface area contributed by atoms with Gasteiger partial charge in [-0.25, -0.2) is 0 Å². The zero-order valence-electron chi connectivity index (χ0n) is 17.2. The second kappa shape index (κ2) is 8.52. The first-order valence-electron chi connectivity index (χ1n) is 10.1. The fourth-order valence-electron chi connectivity index (χ4n) is 3.89. The molecular formula is C24H24N4O2. The standard InChI is InChI=1S/C24H24N4O2/c1-16-10-19(17(2)28(16)15-22-7-5-9-30-22)11-20(13-25)24(29)27-21-12-18-6-3-4-8-23(18)26-14-21/h3-4,6,8,10-12,14,22H,5,7,9,15H2,1-2H3,(H,27,29)/b20-11+. The van der Waals surface area contributed by atoms with Gasteiger partial charge in [0.15, 0.2) is 0 Å². The fourth-order valence-corrected chi connectivity index (χ4v) is 3.89. The largest absolute Gasteiger partial charge is 0.376 e. The first-order valence-corrected chi connectivity index (χ1v) is 10.1. The zero-order valence-corrected chi connectivity index (χ0v) is 17.2. The summed E-state index contributed by atoms with van der Waals surface area (Å²) in [6.07, 6.45) is 5.64. The number of carbonyl (C=O) groups excluding carboxylic acids is 1. The highest BCUT2D eigenvalue weighted by atomic mass is 16.5. The molecule has 30 heavy (non-hydrogen) atoms. The second-order valence-electron chi connectivity index (χ2n) is 7.61. The van der Waals surface area contributed by atoms with E-state index in [0.29, 0.717) is 5.69 Å². The van der Waals surface area contributed by atoms with E-state index in [2.05, 4.69) is 14.9 Å². The van der Waals surface area contributed by atoms with Gasteiger partial charge in [0.05, 0.1) is 23.5 Å². The van der Waals surface area contributed by atoms with Gasteiger partial charge in [0.2, 0.25) is 0 Å². The third-order valence-corrected chi connectivity index (χ3v) is 5.54. The number of fused-ring (bicyclic) bond motifs is 1. The molecule has 0 spiro atoms. The van der Waals surface area contributed by atoms with Crippen LogP contribution in [0.1, 0.15) is 29.8 Å². The second-order valence-corrected chi connectivity index (χ2v) is 7.61. The molecule has 152 valence electrons. The molecule has 0 saturated carbocycles. The van der Waals surface area contributed by atoms with E-state index in [-0.39, 0.29) is 11.7 Å². The average molecular weight is 400 g/mol. The van der Waals surface area contributed by atoms with Crippen molar-refractivity contribution in [2.75, 3.05) is 11.9 Å². The number of nitrogens with one attached hydrogen (secondary N) is 1. The first kappa shape index (κ1) is 19.9. The summed E-state index contributed by atoms with van der Waals surface area (Å²) in [5.74, 6) is -0.446. The molecule has 3 aromatic rings. The number of hydrogen-bond donors (Lipinski definition) is 1. The lowest BCUT2D eigenvalue weighted by molar-refractivity contribution is -0.112. The average Bonchev–Trinajstić information content (AvgIpc) is 3.35. The van der Waals surface area contributed by atoms with Gasteiger partial charge in [-0.1, -0.05) is 18.2 Å². The molecule has 0 aliphatic carbocycles. The van der Waals surface area contributed by atoms with Crippen LogP contribution in [0, 0.1) is 25.2 Å². The molecule has 1 amide bonds. The molecule has 6 nitrogen and oxygen atoms in total. The Morgan fingerprint density at radius 2 is 2.20 bits per heavy atom. The van der Waals surface area contributed by atoms with Crippen LogP contribution in [0.3, 0.4) is 0 Å². The summed E-state index contributed by atoms with van der Waals surface area (Å²) in [7, 11) is 0. The Kier molecular flexibility index (Phi) is 5.64. The maximum Gasteiger partial charge on any atom is 0.266 e. The van der Waals surface area contributed by atoms with E-state index in [1.165, 1.54) is 0 Å². The van der Waals surface area contributed by atoms with Crippen molar-refractivity contribution < 1.29 is 9.53 Å². The highest BCUT2D eigenvalue weighted by Gasteiger charge is 2.19. The molecule has 0 bridgehead atoms. The molecule has 1 aromatic carbocycles. The van der Waals surface area contributed by atoms with Crippen LogP contribution in [0.25, 0.3) is 17.0 Å². The molecule has 1 atom stereocenters. The Balaban J connectivity index is 1.55. The van der Waals surface area contributed by atoms with Crippen molar-refractivity contribution in [3.05, 3.63) is 65.1 Å². The number of nitrogens with zero attached hydrogens (tertiary/aromatic N) is 3. The molecule has 1 N–H and O–H groups in total. The third kappa shape index (κ3) is 4.12. The van der Waals surface area contributed by atoms with E-state index in [0.717, 1.165) is 53.8 Å². The Hall–Kier alpha value is -3.43. The summed E-state index contributed by atoms with van der Waals surface area (Å²) in [6.45, 7) is 5.65. The fraction of sp³-hybridized carbons (Fsp3) is 0.292. The lowest BCUT2D eigenvalue weighted by Crippen LogP contribution is -2.17. The number of amides is 1. The molecule has 1 fully saturated rings. The molecule has 6 heteroatoms. The summed E-state index contributed by atoms with van der Waals surface area (Å²) in [6, 6.07) is 13.6. The number of para-hydroxylation sites is 1. The predicted molar refractivity (Wildman–Crippen MR) is 117 cm³/mol. The van der Waals surface area contributed by atoms with Crippen molar-refractivity contribution in [1.82, 2.24) is 9.55 Å². The number of hydrogen-bond acceptors (Lipinski definition) is 4. The lowest BCUT2D eigenvalue weighted by atomic mass is 10.1. The van der Waals surface area contributed by atoms with Crippen LogP contribution in [-0.2, 0) is 16.1 Å². The lowest BCUT2D eigenvalue weighted by Gasteiger charge is -2.14. The zero-order chi connectivity index (χ0) is 21.1. The van der Waals surface area contributed by atoms with Gasteiger partial charge in [-0.3, -0.25) is 9.78 Å². The highest BCUT2D eigenvalue weighted by Crippen LogP contribution is 2.23. The molecule has 1 saturated heterocycles. The van der Waals surface area contributed by atoms with Crippen molar-refractivity contribution in [2.45, 2.75) is 39.3 Å². The molecule has 1 aliphatic heterocycles. The van der Waals surface area contributed by atoms with Gasteiger partial charge in [-0.15, -0.1) is 0 Å². The molecule has 0 radical (unpaired) electrons. The topological polar surface area (TPSA) is 79.9 Å². The van der Waals surface area contributed by atoms with Gasteiger partial charge in [0.25, 0.3) is 5.91 Å². The number of benzene rings is 1. The number of rotatable bonds is 5. The van der Waals surface area contributed by atoms with Crippen molar-refractivity contribution in [1.29, 1.82) is 5.26 Å². The van der Waals surface area contributed by atoms with Crippen LogP contribution >= 0.6 is 0 Å². The number of aryl methyl sites for hydroxylation is 1. The minimum Gasteiger partial charge on any atom is -0.376 e. The minimum atomic E-state index is -0.446. The molecule has 4 rings (SSSR count). The summed E-state index contributed by atoms with van der Waals surface area (Å²) >= 11 is 0. The summed E-state index contributed by atoms with van der Waals surface area (Å²) in [4.78, 5) is 17.1. The van der Waals surface area contributed by atoms with Crippen molar-refractivity contribution >= 4 is 28.6 Å². The number of anilines is 1. The van der Waals surface area contributed by atoms with Crippen LogP contribution in [0.2, 0.25) is 0 Å². The molecule has 2 aromatic heterocycles. The number of carbonyl (C=O) groups is 1. The quantitative estimate of drug-likeness (QED) is 0.509. The Morgan fingerprint density at radius 1 is 1.37 bits per heavy atom. The summed E-state index contributed by atoms with van der Waals surface area (Å²) in [5.41, 5.74) is 4.45. The van der Waals surface area contributed by atoms with E-state index < -0.39 is 5.91 Å². The van der Waals surface area contributed by atoms with Gasteiger partial charge in [0.1, 0.15) is 11.6 Å². The number of pyridine rings is 1. The van der Waals surface area contributed by atoms with E-state index in [9.17, 15) is 10.1 Å². The number of nitriles is 1. The molecular weight excluding hydrogens is 376 g/mol. The predicted octanol–water partition coefficient (Wildman–Crippen LogP) is 4.38. The SMILES string of the molecule is Cc1cc(/C=C(\C#N)C(=O)Nc2cnc3ccccc3c2)c(C)n1CC1CCCO1. The van der Waals surface area contributed by atoms with Crippen LogP contribution < -0.4 is 5.32 Å². The smallest absolute Gasteiger partial charge is 0.266 e. The van der Waals surface area contributed by atoms with E-state index in [4.69, 9.17) is 4.74 Å². The van der Waals surface area contributed by atoms with Gasteiger partial charge in [-0.2, -0.15) is 5.26 Å². The first-order chi connectivity index (χ1) is 14.5. The minimum absolute atomic E-state index is 0.0560. The van der Waals surface area contributed by atoms with Gasteiger partial charge >= 0.3 is 0 Å². The Bertz CT molecular complexity index is 1160. The maximum atomic E-state index is 12.7. The number of aromatic nitrogens is 2. The van der Waals surface area contributed by atoms with E-state index in [1.54, 1.807) is 12.3 Å². The van der Waals surface area contributed by atoms with E-state index >= 15 is 0 Å². The van der Waals surface area contributed by atoms with Crippen LogP contribution in [0.5, 0.6) is 0 Å². The van der Waals surface area contributed by atoms with Crippen molar-refractivity contribution in [3.63, 3.8) is 0 Å².